The van der Waals surface area contributed by atoms with Gasteiger partial charge in [-0.25, -0.2) is 0 Å². The quantitative estimate of drug-likeness (QED) is 0.188. The molecule has 0 aliphatic heterocycles. The van der Waals surface area contributed by atoms with Gasteiger partial charge < -0.3 is 31.2 Å². The van der Waals surface area contributed by atoms with Crippen molar-refractivity contribution in [2.75, 3.05) is 32.7 Å². The Kier molecular flexibility index (Phi) is 15.1. The number of ether oxygens (including phenoxy) is 2. The van der Waals surface area contributed by atoms with Gasteiger partial charge in [0.1, 0.15) is 17.2 Å². The van der Waals surface area contributed by atoms with Crippen LogP contribution >= 0.6 is 0 Å². The van der Waals surface area contributed by atoms with Gasteiger partial charge in [-0.05, 0) is 41.5 Å². The van der Waals surface area contributed by atoms with Gasteiger partial charge in [0.15, 0.2) is 0 Å². The molecule has 1 amide bonds. The summed E-state index contributed by atoms with van der Waals surface area (Å²) in [5.74, 6) is -1.37. The number of primary amides is 1. The third-order valence-corrected chi connectivity index (χ3v) is 2.96. The number of hydrogen-bond acceptors (Lipinski definition) is 8. The van der Waals surface area contributed by atoms with E-state index in [1.165, 1.54) is 0 Å². The molecule has 0 saturated carbocycles. The summed E-state index contributed by atoms with van der Waals surface area (Å²) in [7, 11) is 0. The zero-order valence-electron chi connectivity index (χ0n) is 18.4. The van der Waals surface area contributed by atoms with Crippen LogP contribution in [0.3, 0.4) is 0 Å². The van der Waals surface area contributed by atoms with Crippen LogP contribution in [-0.2, 0) is 23.9 Å². The number of rotatable bonds is 12. The van der Waals surface area contributed by atoms with E-state index < -0.39 is 29.1 Å². The van der Waals surface area contributed by atoms with Crippen LogP contribution in [0.4, 0.5) is 0 Å². The number of esters is 2. The Labute approximate surface area is 190 Å². The second kappa shape index (κ2) is 14.3. The topological polar surface area (TPSA) is 132 Å². The molecule has 0 bridgehead atoms. The van der Waals surface area contributed by atoms with Crippen molar-refractivity contribution in [1.82, 2.24) is 16.0 Å². The fourth-order valence-corrected chi connectivity index (χ4v) is 2.02. The molecular formula is C18H36N4NaO5. The van der Waals surface area contributed by atoms with Crippen LogP contribution in [0, 0.1) is 0 Å². The fourth-order valence-electron chi connectivity index (χ4n) is 2.02. The van der Waals surface area contributed by atoms with E-state index >= 15 is 0 Å². The van der Waals surface area contributed by atoms with Gasteiger partial charge in [0.2, 0.25) is 5.91 Å². The Morgan fingerprint density at radius 1 is 0.857 bits per heavy atom. The summed E-state index contributed by atoms with van der Waals surface area (Å²) in [6, 6.07) is -0.770. The first-order chi connectivity index (χ1) is 12.3. The van der Waals surface area contributed by atoms with Gasteiger partial charge in [-0.1, -0.05) is 0 Å². The zero-order valence-corrected chi connectivity index (χ0v) is 20.4. The van der Waals surface area contributed by atoms with Crippen LogP contribution in [0.5, 0.6) is 0 Å². The summed E-state index contributed by atoms with van der Waals surface area (Å²) in [5, 5.41) is 9.12. The van der Waals surface area contributed by atoms with Crippen molar-refractivity contribution in [2.24, 2.45) is 5.73 Å². The summed E-state index contributed by atoms with van der Waals surface area (Å²) < 4.78 is 10.5. The number of nitrogens with two attached hydrogens (primary N) is 1. The smallest absolute Gasteiger partial charge is 0.324 e. The molecule has 1 radical (unpaired) electrons. The average molecular weight is 411 g/mol. The van der Waals surface area contributed by atoms with E-state index in [9.17, 15) is 14.4 Å². The number of carbonyl (C=O) groups excluding carboxylic acids is 3. The standard InChI is InChI=1S/C18H36N4O5.Na/c1-17(2,3)26-15(24)12-21-8-7-20-9-10-22-13(11-14(19)23)16(25)27-18(4,5)6;/h13,20-22H,7-12H2,1-6H3,(H2,19,23);. The van der Waals surface area contributed by atoms with Crippen molar-refractivity contribution in [2.45, 2.75) is 65.2 Å². The normalized spacial score (nSPS) is 12.6. The Hall–Kier alpha value is -0.710. The SMILES string of the molecule is CC(C)(C)OC(=O)CNCCNCCNC(CC(N)=O)C(=O)OC(C)(C)C.[Na]. The molecule has 1 unspecified atom stereocenters. The first-order valence-corrected chi connectivity index (χ1v) is 9.18. The number of amides is 1. The van der Waals surface area contributed by atoms with Crippen molar-refractivity contribution >= 4 is 47.4 Å². The fraction of sp³-hybridized carbons (Fsp3) is 0.833. The second-order valence-electron chi connectivity index (χ2n) is 8.22. The molecule has 0 aromatic carbocycles. The summed E-state index contributed by atoms with van der Waals surface area (Å²) >= 11 is 0. The molecule has 159 valence electrons. The van der Waals surface area contributed by atoms with E-state index in [0.717, 1.165) is 0 Å². The third-order valence-electron chi connectivity index (χ3n) is 2.96. The van der Waals surface area contributed by atoms with Crippen molar-refractivity contribution in [3.63, 3.8) is 0 Å². The molecule has 0 aliphatic rings. The van der Waals surface area contributed by atoms with Gasteiger partial charge in [0.25, 0.3) is 0 Å². The van der Waals surface area contributed by atoms with Gasteiger partial charge in [0.05, 0.1) is 13.0 Å². The number of hydrogen-bond donors (Lipinski definition) is 4. The van der Waals surface area contributed by atoms with Gasteiger partial charge in [-0.15, -0.1) is 0 Å². The minimum absolute atomic E-state index is 0. The molecular weight excluding hydrogens is 375 g/mol. The molecule has 0 aromatic rings. The molecule has 0 spiro atoms. The van der Waals surface area contributed by atoms with Crippen molar-refractivity contribution in [3.05, 3.63) is 0 Å². The molecule has 0 fully saturated rings. The molecule has 0 aliphatic carbocycles. The molecule has 5 N–H and O–H groups in total. The molecule has 0 aromatic heterocycles. The molecule has 1 atom stereocenters. The largest absolute Gasteiger partial charge is 0.459 e. The molecule has 0 rings (SSSR count). The van der Waals surface area contributed by atoms with Gasteiger partial charge >= 0.3 is 11.9 Å². The molecule has 10 heteroatoms. The Morgan fingerprint density at radius 2 is 1.36 bits per heavy atom. The predicted octanol–water partition coefficient (Wildman–Crippen LogP) is -0.698. The minimum Gasteiger partial charge on any atom is -0.459 e. The first-order valence-electron chi connectivity index (χ1n) is 9.18. The summed E-state index contributed by atoms with van der Waals surface area (Å²) in [6.07, 6.45) is -0.119. The molecule has 9 nitrogen and oxygen atoms in total. The molecule has 0 heterocycles. The third kappa shape index (κ3) is 18.6. The number of nitrogens with one attached hydrogen (secondary N) is 3. The van der Waals surface area contributed by atoms with Crippen LogP contribution in [0.1, 0.15) is 48.0 Å². The first kappa shape index (κ1) is 29.5. The van der Waals surface area contributed by atoms with E-state index in [0.29, 0.717) is 26.2 Å². The van der Waals surface area contributed by atoms with Crippen LogP contribution < -0.4 is 21.7 Å². The van der Waals surface area contributed by atoms with E-state index in [1.54, 1.807) is 20.8 Å². The Morgan fingerprint density at radius 3 is 1.86 bits per heavy atom. The maximum atomic E-state index is 12.1. The average Bonchev–Trinajstić information content (AvgIpc) is 2.44. The van der Waals surface area contributed by atoms with Crippen LogP contribution in [0.15, 0.2) is 0 Å². The van der Waals surface area contributed by atoms with E-state index in [4.69, 9.17) is 15.2 Å². The van der Waals surface area contributed by atoms with Crippen molar-refractivity contribution in [3.8, 4) is 0 Å². The monoisotopic (exact) mass is 411 g/mol. The minimum atomic E-state index is -0.770. The number of carbonyl (C=O) groups is 3. The summed E-state index contributed by atoms with van der Waals surface area (Å²) in [6.45, 7) is 13.2. The van der Waals surface area contributed by atoms with Gasteiger partial charge in [-0.3, -0.25) is 14.4 Å². The van der Waals surface area contributed by atoms with Gasteiger partial charge in [-0.2, -0.15) is 0 Å². The van der Waals surface area contributed by atoms with Crippen molar-refractivity contribution < 1.29 is 23.9 Å². The summed E-state index contributed by atoms with van der Waals surface area (Å²) in [5.41, 5.74) is 4.07. The Balaban J connectivity index is 0. The van der Waals surface area contributed by atoms with Crippen LogP contribution in [0.25, 0.3) is 0 Å². The Bertz CT molecular complexity index is 489. The summed E-state index contributed by atoms with van der Waals surface area (Å²) in [4.78, 5) is 34.8. The second-order valence-corrected chi connectivity index (χ2v) is 8.22. The maximum Gasteiger partial charge on any atom is 0.324 e. The maximum absolute atomic E-state index is 12.1. The van der Waals surface area contributed by atoms with E-state index in [-0.39, 0.29) is 48.5 Å². The van der Waals surface area contributed by atoms with Crippen molar-refractivity contribution in [1.29, 1.82) is 0 Å². The molecule has 28 heavy (non-hydrogen) atoms. The van der Waals surface area contributed by atoms with Crippen LogP contribution in [-0.4, -0.2) is 97.4 Å². The zero-order chi connectivity index (χ0) is 21.1. The van der Waals surface area contributed by atoms with Gasteiger partial charge in [0, 0.05) is 55.7 Å². The van der Waals surface area contributed by atoms with E-state index in [2.05, 4.69) is 16.0 Å². The van der Waals surface area contributed by atoms with E-state index in [1.807, 2.05) is 20.8 Å². The predicted molar refractivity (Wildman–Crippen MR) is 109 cm³/mol. The van der Waals surface area contributed by atoms with Crippen LogP contribution in [0.2, 0.25) is 0 Å². The molecule has 0 saturated heterocycles.